The van der Waals surface area contributed by atoms with Gasteiger partial charge in [-0.15, -0.1) is 0 Å². The summed E-state index contributed by atoms with van der Waals surface area (Å²) >= 11 is 0. The van der Waals surface area contributed by atoms with Gasteiger partial charge in [-0.1, -0.05) is 6.92 Å². The minimum absolute atomic E-state index is 0.950. The first-order chi connectivity index (χ1) is 5.83. The van der Waals surface area contributed by atoms with Crippen LogP contribution in [0.15, 0.2) is 17.1 Å². The summed E-state index contributed by atoms with van der Waals surface area (Å²) in [6, 6.07) is 4.35. The number of hydrogen-bond acceptors (Lipinski definition) is 1. The third-order valence-electron chi connectivity index (χ3n) is 2.46. The van der Waals surface area contributed by atoms with Gasteiger partial charge in [-0.05, 0) is 25.5 Å². The fourth-order valence-corrected chi connectivity index (χ4v) is 1.78. The number of fused-ring (bicyclic) bond motifs is 1. The van der Waals surface area contributed by atoms with Crippen molar-refractivity contribution in [1.29, 1.82) is 0 Å². The third kappa shape index (κ3) is 0.986. The molecule has 0 spiro atoms. The topological polar surface area (TPSA) is 17.3 Å². The second kappa shape index (κ2) is 2.77. The summed E-state index contributed by atoms with van der Waals surface area (Å²) in [6.45, 7) is 6.32. The summed E-state index contributed by atoms with van der Waals surface area (Å²) in [6.07, 6.45) is 1.05. The number of hydrogen-bond donors (Lipinski definition) is 0. The van der Waals surface area contributed by atoms with E-state index in [1.165, 1.54) is 17.1 Å². The molecule has 0 bridgehead atoms. The molecule has 1 aromatic rings. The second-order valence-corrected chi connectivity index (χ2v) is 3.19. The molecular weight excluding hydrogens is 148 g/mol. The van der Waals surface area contributed by atoms with Crippen LogP contribution >= 0.6 is 0 Å². The molecule has 0 aliphatic carbocycles. The van der Waals surface area contributed by atoms with Gasteiger partial charge in [-0.3, -0.25) is 4.99 Å². The van der Waals surface area contributed by atoms with Gasteiger partial charge in [-0.25, -0.2) is 0 Å². The average Bonchev–Trinajstić information content (AvgIpc) is 2.48. The first-order valence-corrected chi connectivity index (χ1v) is 4.52. The fourth-order valence-electron chi connectivity index (χ4n) is 1.78. The zero-order chi connectivity index (χ0) is 8.55. The van der Waals surface area contributed by atoms with Crippen molar-refractivity contribution in [2.45, 2.75) is 26.8 Å². The van der Waals surface area contributed by atoms with Crippen LogP contribution in [-0.2, 0) is 6.54 Å². The maximum Gasteiger partial charge on any atom is 0.0623 e. The third-order valence-corrected chi connectivity index (χ3v) is 2.46. The van der Waals surface area contributed by atoms with Crippen LogP contribution in [0.3, 0.4) is 0 Å². The Hall–Kier alpha value is -1.05. The number of nitrogens with zero attached hydrogens (tertiary/aromatic N) is 2. The second-order valence-electron chi connectivity index (χ2n) is 3.19. The number of aryl methyl sites for hydroxylation is 1. The zero-order valence-corrected chi connectivity index (χ0v) is 7.67. The molecule has 0 saturated heterocycles. The summed E-state index contributed by atoms with van der Waals surface area (Å²) in [7, 11) is 0. The van der Waals surface area contributed by atoms with E-state index in [9.17, 15) is 0 Å². The predicted octanol–water partition coefficient (Wildman–Crippen LogP) is 2.01. The molecule has 0 unspecified atom stereocenters. The molecule has 64 valence electrons. The lowest BCUT2D eigenvalue weighted by molar-refractivity contribution is 0.668. The fraction of sp³-hybridized carbons (Fsp3) is 0.500. The van der Waals surface area contributed by atoms with Gasteiger partial charge in [-0.2, -0.15) is 0 Å². The molecule has 0 N–H and O–H groups in total. The Morgan fingerprint density at radius 1 is 1.50 bits per heavy atom. The van der Waals surface area contributed by atoms with Crippen LogP contribution < -0.4 is 0 Å². The summed E-state index contributed by atoms with van der Waals surface area (Å²) < 4.78 is 2.35. The molecule has 2 heteroatoms. The van der Waals surface area contributed by atoms with Crippen molar-refractivity contribution in [3.05, 3.63) is 23.5 Å². The molecule has 1 aromatic heterocycles. The van der Waals surface area contributed by atoms with Crippen molar-refractivity contribution in [3.8, 4) is 0 Å². The van der Waals surface area contributed by atoms with E-state index in [0.717, 1.165) is 19.5 Å². The molecule has 0 aromatic carbocycles. The number of rotatable bonds is 1. The van der Waals surface area contributed by atoms with Gasteiger partial charge in [0.1, 0.15) is 0 Å². The van der Waals surface area contributed by atoms with E-state index in [-0.39, 0.29) is 0 Å². The lowest BCUT2D eigenvalue weighted by Crippen LogP contribution is -2.18. The van der Waals surface area contributed by atoms with Gasteiger partial charge in [0.25, 0.3) is 0 Å². The smallest absolute Gasteiger partial charge is 0.0623 e. The normalized spacial score (nSPS) is 15.7. The summed E-state index contributed by atoms with van der Waals surface area (Å²) in [5, 5.41) is 0. The number of aromatic nitrogens is 1. The van der Waals surface area contributed by atoms with Gasteiger partial charge < -0.3 is 4.57 Å². The highest BCUT2D eigenvalue weighted by Gasteiger charge is 2.12. The summed E-state index contributed by atoms with van der Waals surface area (Å²) in [5.74, 6) is 0. The van der Waals surface area contributed by atoms with Crippen LogP contribution in [0.2, 0.25) is 0 Å². The van der Waals surface area contributed by atoms with Crippen molar-refractivity contribution < 1.29 is 0 Å². The molecule has 1 aliphatic rings. The van der Waals surface area contributed by atoms with Crippen LogP contribution in [0.5, 0.6) is 0 Å². The van der Waals surface area contributed by atoms with E-state index in [1.807, 2.05) is 0 Å². The number of aliphatic imine (C=N–C) groups is 1. The molecule has 2 heterocycles. The van der Waals surface area contributed by atoms with Crippen LogP contribution in [0.25, 0.3) is 0 Å². The zero-order valence-electron chi connectivity index (χ0n) is 7.67. The quantitative estimate of drug-likeness (QED) is 0.601. The molecule has 0 amide bonds. The highest BCUT2D eigenvalue weighted by molar-refractivity contribution is 5.99. The van der Waals surface area contributed by atoms with Crippen LogP contribution in [0.4, 0.5) is 0 Å². The highest BCUT2D eigenvalue weighted by Crippen LogP contribution is 2.14. The van der Waals surface area contributed by atoms with Gasteiger partial charge in [0.05, 0.1) is 18.0 Å². The Bertz CT molecular complexity index is 321. The molecule has 0 atom stereocenters. The molecular formula is C10H14N2. The standard InChI is InChI=1S/C10H14N2/c1-3-9-10-5-4-8(2)12(10)7-6-11-9/h4-5H,3,6-7H2,1-2H3. The van der Waals surface area contributed by atoms with Crippen molar-refractivity contribution in [2.75, 3.05) is 6.54 Å². The molecule has 1 aliphatic heterocycles. The lowest BCUT2D eigenvalue weighted by atomic mass is 10.2. The molecule has 0 radical (unpaired) electrons. The largest absolute Gasteiger partial charge is 0.342 e. The van der Waals surface area contributed by atoms with E-state index in [2.05, 4.69) is 35.5 Å². The minimum Gasteiger partial charge on any atom is -0.342 e. The van der Waals surface area contributed by atoms with Crippen LogP contribution in [0.1, 0.15) is 24.7 Å². The average molecular weight is 162 g/mol. The Labute approximate surface area is 72.9 Å². The van der Waals surface area contributed by atoms with E-state index in [0.29, 0.717) is 0 Å². The first-order valence-electron chi connectivity index (χ1n) is 4.52. The maximum absolute atomic E-state index is 4.50. The van der Waals surface area contributed by atoms with E-state index >= 15 is 0 Å². The maximum atomic E-state index is 4.50. The SMILES string of the molecule is CCC1=NCCn2c(C)ccc21. The van der Waals surface area contributed by atoms with Gasteiger partial charge in [0.2, 0.25) is 0 Å². The Kier molecular flexibility index (Phi) is 1.75. The van der Waals surface area contributed by atoms with Gasteiger partial charge in [0.15, 0.2) is 0 Å². The van der Waals surface area contributed by atoms with Crippen molar-refractivity contribution in [2.24, 2.45) is 4.99 Å². The first kappa shape index (κ1) is 7.59. The van der Waals surface area contributed by atoms with Gasteiger partial charge >= 0.3 is 0 Å². The molecule has 12 heavy (non-hydrogen) atoms. The Morgan fingerprint density at radius 2 is 2.33 bits per heavy atom. The lowest BCUT2D eigenvalue weighted by Gasteiger charge is -2.16. The molecule has 2 nitrogen and oxygen atoms in total. The van der Waals surface area contributed by atoms with Crippen molar-refractivity contribution in [3.63, 3.8) is 0 Å². The summed E-state index contributed by atoms with van der Waals surface area (Å²) in [5.41, 5.74) is 3.93. The van der Waals surface area contributed by atoms with Gasteiger partial charge in [0, 0.05) is 12.2 Å². The Balaban J connectivity index is 2.49. The van der Waals surface area contributed by atoms with Crippen LogP contribution in [0, 0.1) is 6.92 Å². The molecule has 2 rings (SSSR count). The van der Waals surface area contributed by atoms with E-state index in [4.69, 9.17) is 0 Å². The highest BCUT2D eigenvalue weighted by atomic mass is 15.0. The van der Waals surface area contributed by atoms with Crippen LogP contribution in [-0.4, -0.2) is 16.8 Å². The summed E-state index contributed by atoms with van der Waals surface area (Å²) in [4.78, 5) is 4.50. The van der Waals surface area contributed by atoms with Crippen molar-refractivity contribution in [1.82, 2.24) is 4.57 Å². The minimum atomic E-state index is 0.950. The monoisotopic (exact) mass is 162 g/mol. The van der Waals surface area contributed by atoms with E-state index in [1.54, 1.807) is 0 Å². The van der Waals surface area contributed by atoms with Crippen molar-refractivity contribution >= 4 is 5.71 Å². The Morgan fingerprint density at radius 3 is 3.08 bits per heavy atom. The predicted molar refractivity (Wildman–Crippen MR) is 50.9 cm³/mol. The van der Waals surface area contributed by atoms with E-state index < -0.39 is 0 Å². The molecule has 0 fully saturated rings. The molecule has 0 saturated carbocycles.